The lowest BCUT2D eigenvalue weighted by molar-refractivity contribution is -0.146. The Morgan fingerprint density at radius 2 is 2.11 bits per heavy atom. The van der Waals surface area contributed by atoms with E-state index in [0.29, 0.717) is 24.9 Å². The molecule has 4 nitrogen and oxygen atoms in total. The van der Waals surface area contributed by atoms with E-state index in [2.05, 4.69) is 11.8 Å². The van der Waals surface area contributed by atoms with Crippen molar-refractivity contribution in [3.8, 4) is 0 Å². The SMILES string of the molecule is CCN(C(=O)CC1(OC)CCC1)C1CCCC1CN. The monoisotopic (exact) mass is 268 g/mol. The average molecular weight is 268 g/mol. The van der Waals surface area contributed by atoms with Crippen LogP contribution in [0.3, 0.4) is 0 Å². The maximum Gasteiger partial charge on any atom is 0.225 e. The van der Waals surface area contributed by atoms with Crippen molar-refractivity contribution in [3.63, 3.8) is 0 Å². The molecule has 19 heavy (non-hydrogen) atoms. The van der Waals surface area contributed by atoms with Crippen LogP contribution in [0.5, 0.6) is 0 Å². The summed E-state index contributed by atoms with van der Waals surface area (Å²) in [6, 6.07) is 0.358. The first kappa shape index (κ1) is 14.8. The summed E-state index contributed by atoms with van der Waals surface area (Å²) >= 11 is 0. The fraction of sp³-hybridized carbons (Fsp3) is 0.933. The molecule has 1 amide bonds. The van der Waals surface area contributed by atoms with Crippen molar-refractivity contribution >= 4 is 5.91 Å². The Labute approximate surface area is 116 Å². The van der Waals surface area contributed by atoms with Gasteiger partial charge in [-0.25, -0.2) is 0 Å². The average Bonchev–Trinajstić information content (AvgIpc) is 2.83. The number of nitrogens with two attached hydrogens (primary N) is 1. The smallest absolute Gasteiger partial charge is 0.225 e. The van der Waals surface area contributed by atoms with Crippen molar-refractivity contribution in [3.05, 3.63) is 0 Å². The Morgan fingerprint density at radius 3 is 2.58 bits per heavy atom. The van der Waals surface area contributed by atoms with Crippen LogP contribution in [-0.2, 0) is 9.53 Å². The highest BCUT2D eigenvalue weighted by Gasteiger charge is 2.42. The van der Waals surface area contributed by atoms with Crippen LogP contribution >= 0.6 is 0 Å². The molecule has 2 N–H and O–H groups in total. The summed E-state index contributed by atoms with van der Waals surface area (Å²) in [4.78, 5) is 14.7. The second-order valence-electron chi connectivity index (χ2n) is 6.09. The Bertz CT molecular complexity index is 310. The normalized spacial score (nSPS) is 29.0. The Balaban J connectivity index is 1.98. The minimum absolute atomic E-state index is 0.165. The van der Waals surface area contributed by atoms with Gasteiger partial charge in [-0.15, -0.1) is 0 Å². The highest BCUT2D eigenvalue weighted by molar-refractivity contribution is 5.78. The fourth-order valence-corrected chi connectivity index (χ4v) is 3.70. The van der Waals surface area contributed by atoms with E-state index in [1.807, 2.05) is 0 Å². The summed E-state index contributed by atoms with van der Waals surface area (Å²) in [5, 5.41) is 0. The number of carbonyl (C=O) groups excluding carboxylic acids is 1. The van der Waals surface area contributed by atoms with Crippen molar-refractivity contribution in [1.29, 1.82) is 0 Å². The number of methoxy groups -OCH3 is 1. The van der Waals surface area contributed by atoms with E-state index in [1.165, 1.54) is 19.3 Å². The van der Waals surface area contributed by atoms with Crippen molar-refractivity contribution in [2.75, 3.05) is 20.2 Å². The summed E-state index contributed by atoms with van der Waals surface area (Å²) in [5.41, 5.74) is 5.68. The van der Waals surface area contributed by atoms with Gasteiger partial charge in [-0.3, -0.25) is 4.79 Å². The van der Waals surface area contributed by atoms with E-state index in [9.17, 15) is 4.79 Å². The molecule has 0 heterocycles. The minimum Gasteiger partial charge on any atom is -0.378 e. The Kier molecular flexibility index (Phi) is 4.85. The number of amides is 1. The van der Waals surface area contributed by atoms with E-state index >= 15 is 0 Å². The predicted octanol–water partition coefficient (Wildman–Crippen LogP) is 1.92. The molecule has 0 radical (unpaired) electrons. The maximum absolute atomic E-state index is 12.6. The Hall–Kier alpha value is -0.610. The molecule has 0 spiro atoms. The maximum atomic E-state index is 12.6. The van der Waals surface area contributed by atoms with Gasteiger partial charge in [-0.1, -0.05) is 6.42 Å². The first-order valence-corrected chi connectivity index (χ1v) is 7.70. The second-order valence-corrected chi connectivity index (χ2v) is 6.09. The number of ether oxygens (including phenoxy) is 1. The number of hydrogen-bond donors (Lipinski definition) is 1. The van der Waals surface area contributed by atoms with Gasteiger partial charge >= 0.3 is 0 Å². The molecule has 0 aliphatic heterocycles. The van der Waals surface area contributed by atoms with Crippen LogP contribution in [0, 0.1) is 5.92 Å². The molecule has 0 saturated heterocycles. The first-order chi connectivity index (χ1) is 9.15. The molecule has 2 fully saturated rings. The van der Waals surface area contributed by atoms with Gasteiger partial charge in [0.2, 0.25) is 5.91 Å². The molecule has 0 aromatic heterocycles. The van der Waals surface area contributed by atoms with Crippen molar-refractivity contribution in [2.24, 2.45) is 11.7 Å². The van der Waals surface area contributed by atoms with E-state index in [0.717, 1.165) is 25.8 Å². The van der Waals surface area contributed by atoms with Crippen LogP contribution in [0.4, 0.5) is 0 Å². The van der Waals surface area contributed by atoms with Gasteiger partial charge in [0.15, 0.2) is 0 Å². The number of carbonyl (C=O) groups is 1. The molecule has 110 valence electrons. The zero-order valence-corrected chi connectivity index (χ0v) is 12.4. The minimum atomic E-state index is -0.165. The van der Waals surface area contributed by atoms with Gasteiger partial charge in [0.05, 0.1) is 12.0 Å². The second kappa shape index (κ2) is 6.23. The van der Waals surface area contributed by atoms with Crippen LogP contribution in [-0.4, -0.2) is 42.6 Å². The zero-order chi connectivity index (χ0) is 13.9. The van der Waals surface area contributed by atoms with Crippen LogP contribution in [0.2, 0.25) is 0 Å². The molecule has 2 rings (SSSR count). The third-order valence-electron chi connectivity index (χ3n) is 5.15. The number of rotatable bonds is 6. The topological polar surface area (TPSA) is 55.6 Å². The third kappa shape index (κ3) is 2.95. The summed E-state index contributed by atoms with van der Waals surface area (Å²) in [5.74, 6) is 0.748. The van der Waals surface area contributed by atoms with Gasteiger partial charge in [0.25, 0.3) is 0 Å². The van der Waals surface area contributed by atoms with Crippen molar-refractivity contribution in [2.45, 2.75) is 63.5 Å². The van der Waals surface area contributed by atoms with E-state index < -0.39 is 0 Å². The highest BCUT2D eigenvalue weighted by Crippen LogP contribution is 2.39. The largest absolute Gasteiger partial charge is 0.378 e. The van der Waals surface area contributed by atoms with Crippen molar-refractivity contribution in [1.82, 2.24) is 4.90 Å². The van der Waals surface area contributed by atoms with Crippen LogP contribution in [0.25, 0.3) is 0 Å². The molecule has 0 aromatic rings. The standard InChI is InChI=1S/C15H28N2O2/c1-3-17(13-7-4-6-12(13)11-16)14(18)10-15(19-2)8-5-9-15/h12-13H,3-11,16H2,1-2H3. The Morgan fingerprint density at radius 1 is 1.37 bits per heavy atom. The summed E-state index contributed by atoms with van der Waals surface area (Å²) in [6.07, 6.45) is 7.26. The van der Waals surface area contributed by atoms with Crippen molar-refractivity contribution < 1.29 is 9.53 Å². The lowest BCUT2D eigenvalue weighted by Gasteiger charge is -2.42. The number of hydrogen-bond acceptors (Lipinski definition) is 3. The van der Waals surface area contributed by atoms with E-state index in [-0.39, 0.29) is 11.5 Å². The molecule has 4 heteroatoms. The summed E-state index contributed by atoms with van der Waals surface area (Å²) < 4.78 is 5.58. The van der Waals surface area contributed by atoms with Crippen LogP contribution in [0.15, 0.2) is 0 Å². The molecule has 2 saturated carbocycles. The molecule has 2 aliphatic rings. The molecule has 2 unspecified atom stereocenters. The zero-order valence-electron chi connectivity index (χ0n) is 12.4. The molecular weight excluding hydrogens is 240 g/mol. The summed E-state index contributed by atoms with van der Waals surface area (Å²) in [6.45, 7) is 3.56. The fourth-order valence-electron chi connectivity index (χ4n) is 3.70. The van der Waals surface area contributed by atoms with Gasteiger partial charge in [0.1, 0.15) is 0 Å². The highest BCUT2D eigenvalue weighted by atomic mass is 16.5. The third-order valence-corrected chi connectivity index (χ3v) is 5.15. The summed E-state index contributed by atoms with van der Waals surface area (Å²) in [7, 11) is 1.74. The van der Waals surface area contributed by atoms with E-state index in [1.54, 1.807) is 7.11 Å². The van der Waals surface area contributed by atoms with E-state index in [4.69, 9.17) is 10.5 Å². The molecule has 2 aliphatic carbocycles. The quantitative estimate of drug-likeness (QED) is 0.800. The molecule has 2 atom stereocenters. The van der Waals surface area contributed by atoms with Crippen LogP contribution < -0.4 is 5.73 Å². The lowest BCUT2D eigenvalue weighted by Crippen LogP contribution is -2.49. The molecule has 0 aromatic carbocycles. The predicted molar refractivity (Wildman–Crippen MR) is 75.8 cm³/mol. The molecule has 0 bridgehead atoms. The van der Waals surface area contributed by atoms with Crippen LogP contribution in [0.1, 0.15) is 51.9 Å². The first-order valence-electron chi connectivity index (χ1n) is 7.70. The van der Waals surface area contributed by atoms with Gasteiger partial charge in [0, 0.05) is 19.7 Å². The van der Waals surface area contributed by atoms with Gasteiger partial charge in [-0.05, 0) is 51.5 Å². The van der Waals surface area contributed by atoms with Gasteiger partial charge in [-0.2, -0.15) is 0 Å². The lowest BCUT2D eigenvalue weighted by atomic mass is 9.77. The van der Waals surface area contributed by atoms with Gasteiger partial charge < -0.3 is 15.4 Å². The number of nitrogens with zero attached hydrogens (tertiary/aromatic N) is 1. The molecular formula is C15H28N2O2.